The van der Waals surface area contributed by atoms with Crippen molar-refractivity contribution in [2.24, 2.45) is 0 Å². The lowest BCUT2D eigenvalue weighted by Gasteiger charge is -2.26. The third-order valence-corrected chi connectivity index (χ3v) is 3.89. The first-order valence-corrected chi connectivity index (χ1v) is 7.34. The van der Waals surface area contributed by atoms with Gasteiger partial charge in [0, 0.05) is 13.1 Å². The molecule has 0 aliphatic carbocycles. The summed E-state index contributed by atoms with van der Waals surface area (Å²) in [6.45, 7) is 8.25. The highest BCUT2D eigenvalue weighted by Gasteiger charge is 2.08. The van der Waals surface area contributed by atoms with Gasteiger partial charge in [-0.05, 0) is 56.9 Å². The second kappa shape index (κ2) is 7.55. The molecule has 0 unspecified atom stereocenters. The lowest BCUT2D eigenvalue weighted by molar-refractivity contribution is 0.229. The molecule has 0 spiro atoms. The van der Waals surface area contributed by atoms with Crippen LogP contribution in [0.5, 0.6) is 0 Å². The maximum atomic E-state index is 3.57. The fraction of sp³-hybridized carbons (Fsp3) is 0.625. The van der Waals surface area contributed by atoms with Crippen molar-refractivity contribution < 1.29 is 0 Å². The molecule has 1 N–H and O–H groups in total. The minimum atomic E-state index is 1.10. The molecule has 1 aromatic rings. The van der Waals surface area contributed by atoms with Gasteiger partial charge in [0.25, 0.3) is 0 Å². The third kappa shape index (κ3) is 4.43. The van der Waals surface area contributed by atoms with Crippen LogP contribution in [0.4, 0.5) is 0 Å². The molecule has 100 valence electrons. The molecule has 1 heterocycles. The molecule has 1 aromatic carbocycles. The zero-order valence-corrected chi connectivity index (χ0v) is 11.6. The monoisotopic (exact) mass is 246 g/mol. The third-order valence-electron chi connectivity index (χ3n) is 3.89. The average molecular weight is 246 g/mol. The van der Waals surface area contributed by atoms with Crippen molar-refractivity contribution in [2.45, 2.75) is 32.6 Å². The highest BCUT2D eigenvalue weighted by molar-refractivity contribution is 5.25. The summed E-state index contributed by atoms with van der Waals surface area (Å²) in [7, 11) is 0. The van der Waals surface area contributed by atoms with Gasteiger partial charge < -0.3 is 10.2 Å². The van der Waals surface area contributed by atoms with E-state index in [0.717, 1.165) is 19.5 Å². The molecule has 1 aliphatic rings. The molecule has 0 saturated carbocycles. The van der Waals surface area contributed by atoms with Crippen LogP contribution in [0, 0.1) is 6.92 Å². The summed E-state index contributed by atoms with van der Waals surface area (Å²) in [5.74, 6) is 0. The molecule has 0 bridgehead atoms. The molecule has 1 saturated heterocycles. The van der Waals surface area contributed by atoms with E-state index in [2.05, 4.69) is 41.4 Å². The fourth-order valence-electron chi connectivity index (χ4n) is 2.66. The number of hydrogen-bond donors (Lipinski definition) is 1. The van der Waals surface area contributed by atoms with Crippen LogP contribution in [0.2, 0.25) is 0 Å². The van der Waals surface area contributed by atoms with Crippen molar-refractivity contribution in [2.75, 3.05) is 32.7 Å². The van der Waals surface area contributed by atoms with Crippen LogP contribution >= 0.6 is 0 Å². The molecule has 0 aromatic heterocycles. The Labute approximate surface area is 111 Å². The summed E-state index contributed by atoms with van der Waals surface area (Å²) in [6.07, 6.45) is 5.36. The Kier molecular flexibility index (Phi) is 5.69. The standard InChI is InChI=1S/C16H26N2/c1-15-7-3-4-8-16(15)9-10-17-11-14-18-12-5-2-6-13-18/h3-4,7-8,17H,2,5-6,9-14H2,1H3. The Hall–Kier alpha value is -0.860. The molecule has 0 atom stereocenters. The Balaban J connectivity index is 1.57. The van der Waals surface area contributed by atoms with Gasteiger partial charge in [0.05, 0.1) is 0 Å². The lowest BCUT2D eigenvalue weighted by Crippen LogP contribution is -2.36. The summed E-state index contributed by atoms with van der Waals surface area (Å²) in [5.41, 5.74) is 2.89. The minimum absolute atomic E-state index is 1.10. The van der Waals surface area contributed by atoms with Crippen LogP contribution < -0.4 is 5.32 Å². The Morgan fingerprint density at radius 2 is 1.83 bits per heavy atom. The normalized spacial score (nSPS) is 16.9. The Morgan fingerprint density at radius 1 is 1.06 bits per heavy atom. The van der Waals surface area contributed by atoms with E-state index in [1.807, 2.05) is 0 Å². The van der Waals surface area contributed by atoms with E-state index in [9.17, 15) is 0 Å². The molecule has 2 rings (SSSR count). The summed E-state index contributed by atoms with van der Waals surface area (Å²) < 4.78 is 0. The molecule has 2 nitrogen and oxygen atoms in total. The average Bonchev–Trinajstić information content (AvgIpc) is 2.42. The van der Waals surface area contributed by atoms with Gasteiger partial charge in [0.15, 0.2) is 0 Å². The number of rotatable bonds is 6. The van der Waals surface area contributed by atoms with Gasteiger partial charge in [0.2, 0.25) is 0 Å². The molecule has 2 heteroatoms. The van der Waals surface area contributed by atoms with Gasteiger partial charge in [0.1, 0.15) is 0 Å². The number of aryl methyl sites for hydroxylation is 1. The van der Waals surface area contributed by atoms with Crippen molar-refractivity contribution in [3.63, 3.8) is 0 Å². The first kappa shape index (κ1) is 13.6. The molecule has 0 amide bonds. The molecular weight excluding hydrogens is 220 g/mol. The SMILES string of the molecule is Cc1ccccc1CCNCCN1CCCCC1. The molecular formula is C16H26N2. The summed E-state index contributed by atoms with van der Waals surface area (Å²) in [4.78, 5) is 2.59. The number of benzene rings is 1. The van der Waals surface area contributed by atoms with Gasteiger partial charge in [-0.1, -0.05) is 30.7 Å². The molecule has 18 heavy (non-hydrogen) atoms. The van der Waals surface area contributed by atoms with Crippen molar-refractivity contribution in [3.8, 4) is 0 Å². The quantitative estimate of drug-likeness (QED) is 0.776. The second-order valence-corrected chi connectivity index (χ2v) is 5.33. The summed E-state index contributed by atoms with van der Waals surface area (Å²) in [5, 5.41) is 3.57. The van der Waals surface area contributed by atoms with Gasteiger partial charge >= 0.3 is 0 Å². The number of nitrogens with zero attached hydrogens (tertiary/aromatic N) is 1. The van der Waals surface area contributed by atoms with Crippen molar-refractivity contribution in [3.05, 3.63) is 35.4 Å². The molecule has 1 aliphatic heterocycles. The smallest absolute Gasteiger partial charge is 0.0107 e. The first-order valence-electron chi connectivity index (χ1n) is 7.34. The Bertz CT molecular complexity index is 343. The maximum absolute atomic E-state index is 3.57. The summed E-state index contributed by atoms with van der Waals surface area (Å²) in [6, 6.07) is 8.68. The fourth-order valence-corrected chi connectivity index (χ4v) is 2.66. The summed E-state index contributed by atoms with van der Waals surface area (Å²) >= 11 is 0. The topological polar surface area (TPSA) is 15.3 Å². The zero-order valence-electron chi connectivity index (χ0n) is 11.6. The van der Waals surface area contributed by atoms with Crippen molar-refractivity contribution in [1.82, 2.24) is 10.2 Å². The van der Waals surface area contributed by atoms with E-state index in [-0.39, 0.29) is 0 Å². The minimum Gasteiger partial charge on any atom is -0.315 e. The first-order chi connectivity index (χ1) is 8.86. The predicted molar refractivity (Wildman–Crippen MR) is 78.0 cm³/mol. The predicted octanol–water partition coefficient (Wildman–Crippen LogP) is 2.61. The second-order valence-electron chi connectivity index (χ2n) is 5.33. The molecule has 0 radical (unpaired) electrons. The van der Waals surface area contributed by atoms with Gasteiger partial charge in [-0.15, -0.1) is 0 Å². The van der Waals surface area contributed by atoms with E-state index < -0.39 is 0 Å². The van der Waals surface area contributed by atoms with Gasteiger partial charge in [-0.3, -0.25) is 0 Å². The largest absolute Gasteiger partial charge is 0.315 e. The van der Waals surface area contributed by atoms with E-state index >= 15 is 0 Å². The van der Waals surface area contributed by atoms with Crippen LogP contribution in [0.1, 0.15) is 30.4 Å². The Morgan fingerprint density at radius 3 is 2.61 bits per heavy atom. The van der Waals surface area contributed by atoms with E-state index in [1.165, 1.54) is 50.0 Å². The lowest BCUT2D eigenvalue weighted by atomic mass is 10.1. The highest BCUT2D eigenvalue weighted by atomic mass is 15.1. The number of nitrogens with one attached hydrogen (secondary N) is 1. The van der Waals surface area contributed by atoms with Crippen LogP contribution in [0.15, 0.2) is 24.3 Å². The van der Waals surface area contributed by atoms with Crippen molar-refractivity contribution >= 4 is 0 Å². The van der Waals surface area contributed by atoms with Crippen LogP contribution in [0.25, 0.3) is 0 Å². The van der Waals surface area contributed by atoms with Crippen LogP contribution in [0.3, 0.4) is 0 Å². The highest BCUT2D eigenvalue weighted by Crippen LogP contribution is 2.08. The zero-order chi connectivity index (χ0) is 12.6. The van der Waals surface area contributed by atoms with Crippen LogP contribution in [-0.4, -0.2) is 37.6 Å². The van der Waals surface area contributed by atoms with Crippen molar-refractivity contribution in [1.29, 1.82) is 0 Å². The number of piperidine rings is 1. The number of hydrogen-bond acceptors (Lipinski definition) is 2. The van der Waals surface area contributed by atoms with Crippen LogP contribution in [-0.2, 0) is 6.42 Å². The van der Waals surface area contributed by atoms with Gasteiger partial charge in [-0.2, -0.15) is 0 Å². The molecule has 1 fully saturated rings. The van der Waals surface area contributed by atoms with E-state index in [4.69, 9.17) is 0 Å². The maximum Gasteiger partial charge on any atom is 0.0107 e. The number of likely N-dealkylation sites (tertiary alicyclic amines) is 1. The van der Waals surface area contributed by atoms with Gasteiger partial charge in [-0.25, -0.2) is 0 Å². The van der Waals surface area contributed by atoms with E-state index in [0.29, 0.717) is 0 Å². The van der Waals surface area contributed by atoms with E-state index in [1.54, 1.807) is 0 Å².